The lowest BCUT2D eigenvalue weighted by Gasteiger charge is -2.15. The lowest BCUT2D eigenvalue weighted by atomic mass is 10.1. The summed E-state index contributed by atoms with van der Waals surface area (Å²) in [6, 6.07) is 4.27. The van der Waals surface area contributed by atoms with E-state index in [2.05, 4.69) is 15.3 Å². The van der Waals surface area contributed by atoms with Crippen LogP contribution < -0.4 is 15.8 Å². The Morgan fingerprint density at radius 3 is 2.81 bits per heavy atom. The van der Waals surface area contributed by atoms with Gasteiger partial charge in [-0.3, -0.25) is 4.79 Å². The summed E-state index contributed by atoms with van der Waals surface area (Å²) in [5, 5.41) is 4.98. The molecular weight excluding hydrogens is 381 g/mol. The van der Waals surface area contributed by atoms with E-state index in [0.29, 0.717) is 11.5 Å². The van der Waals surface area contributed by atoms with Crippen molar-refractivity contribution in [2.24, 2.45) is 5.73 Å². The highest BCUT2D eigenvalue weighted by Crippen LogP contribution is 2.34. The number of fused-ring (bicyclic) bond motifs is 1. The molecule has 3 rings (SSSR count). The summed E-state index contributed by atoms with van der Waals surface area (Å²) in [6.45, 7) is 1.33. The monoisotopic (exact) mass is 396 g/mol. The number of alkyl halides is 3. The number of halogens is 3. The molecule has 0 unspecified atom stereocenters. The number of nitrogens with one attached hydrogen (secondary N) is 1. The molecule has 0 saturated carbocycles. The van der Waals surface area contributed by atoms with Crippen LogP contribution in [0.15, 0.2) is 29.9 Å². The Balaban J connectivity index is 1.92. The predicted molar refractivity (Wildman–Crippen MR) is 96.6 cm³/mol. The number of rotatable bonds is 6. The zero-order chi connectivity index (χ0) is 19.6. The zero-order valence-corrected chi connectivity index (χ0v) is 14.9. The molecule has 1 amide bonds. The zero-order valence-electron chi connectivity index (χ0n) is 14.1. The van der Waals surface area contributed by atoms with Gasteiger partial charge in [-0.25, -0.2) is 9.97 Å². The summed E-state index contributed by atoms with van der Waals surface area (Å²) >= 11 is 1.44. The van der Waals surface area contributed by atoms with Crippen LogP contribution in [0.5, 0.6) is 5.75 Å². The van der Waals surface area contributed by atoms with Crippen molar-refractivity contribution in [3.63, 3.8) is 0 Å². The molecule has 0 bridgehead atoms. The minimum Gasteiger partial charge on any atom is -0.491 e. The fourth-order valence-corrected chi connectivity index (χ4v) is 3.31. The highest BCUT2D eigenvalue weighted by molar-refractivity contribution is 7.18. The third kappa shape index (κ3) is 4.45. The number of nitrogens with zero attached hydrogens (tertiary/aromatic N) is 2. The summed E-state index contributed by atoms with van der Waals surface area (Å²) in [5.41, 5.74) is 7.52. The number of carbonyl (C=O) groups excluding carboxylic acids is 1. The molecule has 0 radical (unpaired) electrons. The van der Waals surface area contributed by atoms with E-state index in [1.54, 1.807) is 0 Å². The lowest BCUT2D eigenvalue weighted by Crippen LogP contribution is -2.15. The standard InChI is InChI=1S/C17H15F3N4O2S/c1-9-7-27-14-13(9)22-8-23-16(14)24-11-3-2-10(15(21)25)6-12(11)26-5-4-17(18,19)20/h2-3,6-8H,4-5H2,1H3,(H2,21,25)(H,22,23,24). The van der Waals surface area contributed by atoms with Crippen LogP contribution in [0.4, 0.5) is 24.7 Å². The third-order valence-corrected chi connectivity index (χ3v) is 4.79. The summed E-state index contributed by atoms with van der Waals surface area (Å²) in [4.78, 5) is 19.8. The first-order valence-electron chi connectivity index (χ1n) is 7.84. The maximum atomic E-state index is 12.4. The van der Waals surface area contributed by atoms with Gasteiger partial charge in [0.05, 0.1) is 28.9 Å². The molecule has 10 heteroatoms. The molecule has 142 valence electrons. The molecular formula is C17H15F3N4O2S. The second-order valence-electron chi connectivity index (χ2n) is 5.73. The van der Waals surface area contributed by atoms with E-state index in [1.165, 1.54) is 35.9 Å². The summed E-state index contributed by atoms with van der Waals surface area (Å²) in [5.74, 6) is -0.137. The molecule has 2 aromatic heterocycles. The van der Waals surface area contributed by atoms with Crippen LogP contribution in [-0.4, -0.2) is 28.7 Å². The number of carbonyl (C=O) groups is 1. The van der Waals surface area contributed by atoms with E-state index in [9.17, 15) is 18.0 Å². The topological polar surface area (TPSA) is 90.1 Å². The summed E-state index contributed by atoms with van der Waals surface area (Å²) < 4.78 is 43.3. The van der Waals surface area contributed by atoms with E-state index in [1.807, 2.05) is 12.3 Å². The van der Waals surface area contributed by atoms with E-state index in [0.717, 1.165) is 15.8 Å². The minimum absolute atomic E-state index is 0.0793. The SMILES string of the molecule is Cc1csc2c(Nc3ccc(C(N)=O)cc3OCCC(F)(F)F)ncnc12. The molecule has 0 atom stereocenters. The molecule has 1 aromatic carbocycles. The van der Waals surface area contributed by atoms with Crippen molar-refractivity contribution in [1.29, 1.82) is 0 Å². The van der Waals surface area contributed by atoms with E-state index in [-0.39, 0.29) is 11.3 Å². The average Bonchev–Trinajstić information content (AvgIpc) is 2.97. The maximum Gasteiger partial charge on any atom is 0.392 e. The van der Waals surface area contributed by atoms with Crippen molar-refractivity contribution in [2.75, 3.05) is 11.9 Å². The van der Waals surface area contributed by atoms with Crippen LogP contribution in [0.2, 0.25) is 0 Å². The Bertz CT molecular complexity index is 988. The fraction of sp³-hybridized carbons (Fsp3) is 0.235. The lowest BCUT2D eigenvalue weighted by molar-refractivity contribution is -0.139. The number of thiophene rings is 1. The second kappa shape index (κ2) is 7.39. The predicted octanol–water partition coefficient (Wildman–Crippen LogP) is 4.17. The normalized spacial score (nSPS) is 11.6. The van der Waals surface area contributed by atoms with Crippen molar-refractivity contribution in [1.82, 2.24) is 9.97 Å². The van der Waals surface area contributed by atoms with Gasteiger partial charge >= 0.3 is 6.18 Å². The van der Waals surface area contributed by atoms with Gasteiger partial charge in [-0.2, -0.15) is 13.2 Å². The number of benzene rings is 1. The van der Waals surface area contributed by atoms with E-state index in [4.69, 9.17) is 10.5 Å². The van der Waals surface area contributed by atoms with Gasteiger partial charge in [-0.1, -0.05) is 0 Å². The second-order valence-corrected chi connectivity index (χ2v) is 6.61. The van der Waals surface area contributed by atoms with Gasteiger partial charge in [0.1, 0.15) is 12.1 Å². The van der Waals surface area contributed by atoms with Crippen molar-refractivity contribution < 1.29 is 22.7 Å². The highest BCUT2D eigenvalue weighted by atomic mass is 32.1. The van der Waals surface area contributed by atoms with Crippen LogP contribution in [0.3, 0.4) is 0 Å². The Hall–Kier alpha value is -2.88. The van der Waals surface area contributed by atoms with Crippen LogP contribution >= 0.6 is 11.3 Å². The molecule has 0 aliphatic rings. The number of aryl methyl sites for hydroxylation is 1. The molecule has 0 fully saturated rings. The number of nitrogens with two attached hydrogens (primary N) is 1. The Morgan fingerprint density at radius 1 is 1.33 bits per heavy atom. The first-order valence-corrected chi connectivity index (χ1v) is 8.72. The van der Waals surface area contributed by atoms with Crippen LogP contribution in [0.25, 0.3) is 10.2 Å². The Kier molecular flexibility index (Phi) is 5.17. The van der Waals surface area contributed by atoms with E-state index >= 15 is 0 Å². The number of ether oxygens (including phenoxy) is 1. The van der Waals surface area contributed by atoms with Gasteiger partial charge in [-0.15, -0.1) is 11.3 Å². The highest BCUT2D eigenvalue weighted by Gasteiger charge is 2.27. The Labute approximate surface area is 156 Å². The first-order chi connectivity index (χ1) is 12.7. The number of hydrogen-bond acceptors (Lipinski definition) is 6. The van der Waals surface area contributed by atoms with Crippen molar-refractivity contribution in [3.8, 4) is 5.75 Å². The average molecular weight is 396 g/mol. The molecule has 0 aliphatic carbocycles. The third-order valence-electron chi connectivity index (χ3n) is 3.69. The number of aromatic nitrogens is 2. The molecule has 27 heavy (non-hydrogen) atoms. The van der Waals surface area contributed by atoms with Gasteiger partial charge in [0.25, 0.3) is 0 Å². The maximum absolute atomic E-state index is 12.4. The molecule has 2 heterocycles. The summed E-state index contributed by atoms with van der Waals surface area (Å²) in [7, 11) is 0. The minimum atomic E-state index is -4.35. The first kappa shape index (κ1) is 18.9. The molecule has 3 aromatic rings. The van der Waals surface area contributed by atoms with Gasteiger partial charge in [0.15, 0.2) is 5.82 Å². The summed E-state index contributed by atoms with van der Waals surface area (Å²) in [6.07, 6.45) is -4.07. The van der Waals surface area contributed by atoms with Crippen LogP contribution in [0.1, 0.15) is 22.3 Å². The molecule has 0 spiro atoms. The number of amides is 1. The van der Waals surface area contributed by atoms with Crippen molar-refractivity contribution in [2.45, 2.75) is 19.5 Å². The van der Waals surface area contributed by atoms with Gasteiger partial charge in [-0.05, 0) is 36.1 Å². The fourth-order valence-electron chi connectivity index (χ4n) is 2.36. The van der Waals surface area contributed by atoms with Gasteiger partial charge < -0.3 is 15.8 Å². The molecule has 3 N–H and O–H groups in total. The largest absolute Gasteiger partial charge is 0.491 e. The van der Waals surface area contributed by atoms with Gasteiger partial charge in [0.2, 0.25) is 5.91 Å². The van der Waals surface area contributed by atoms with Gasteiger partial charge in [0, 0.05) is 5.56 Å². The van der Waals surface area contributed by atoms with Crippen molar-refractivity contribution in [3.05, 3.63) is 41.0 Å². The van der Waals surface area contributed by atoms with Crippen LogP contribution in [0, 0.1) is 6.92 Å². The molecule has 6 nitrogen and oxygen atoms in total. The number of anilines is 2. The molecule has 0 saturated heterocycles. The number of primary amides is 1. The Morgan fingerprint density at radius 2 is 2.11 bits per heavy atom. The smallest absolute Gasteiger partial charge is 0.392 e. The van der Waals surface area contributed by atoms with Crippen LogP contribution in [-0.2, 0) is 0 Å². The molecule has 0 aliphatic heterocycles. The quantitative estimate of drug-likeness (QED) is 0.653. The number of hydrogen-bond donors (Lipinski definition) is 2. The van der Waals surface area contributed by atoms with Crippen molar-refractivity contribution >= 4 is 39.0 Å². The van der Waals surface area contributed by atoms with E-state index < -0.39 is 25.1 Å².